The summed E-state index contributed by atoms with van der Waals surface area (Å²) in [6.07, 6.45) is 1.44. The second-order valence-corrected chi connectivity index (χ2v) is 9.22. The van der Waals surface area contributed by atoms with Gasteiger partial charge in [0.1, 0.15) is 16.7 Å². The van der Waals surface area contributed by atoms with Crippen molar-refractivity contribution in [3.8, 4) is 5.75 Å². The summed E-state index contributed by atoms with van der Waals surface area (Å²) in [4.78, 5) is 21.4. The van der Waals surface area contributed by atoms with E-state index in [-0.39, 0.29) is 12.0 Å². The van der Waals surface area contributed by atoms with Crippen LogP contribution in [-0.2, 0) is 6.54 Å². The number of halogens is 1. The predicted molar refractivity (Wildman–Crippen MR) is 130 cm³/mol. The molecule has 3 aromatic rings. The number of aromatic nitrogens is 1. The fourth-order valence-corrected chi connectivity index (χ4v) is 4.46. The number of piperazine rings is 1. The van der Waals surface area contributed by atoms with E-state index in [1.807, 2.05) is 37.3 Å². The smallest absolute Gasteiger partial charge is 0.263 e. The van der Waals surface area contributed by atoms with Gasteiger partial charge in [0.05, 0.1) is 18.3 Å². The molecule has 8 heteroatoms. The number of thiazole rings is 1. The minimum absolute atomic E-state index is 0.117. The molecule has 0 bridgehead atoms. The van der Waals surface area contributed by atoms with Crippen LogP contribution in [0.25, 0.3) is 0 Å². The van der Waals surface area contributed by atoms with E-state index in [2.05, 4.69) is 38.3 Å². The van der Waals surface area contributed by atoms with E-state index in [4.69, 9.17) is 16.3 Å². The summed E-state index contributed by atoms with van der Waals surface area (Å²) in [6.45, 7) is 7.23. The topological polar surface area (TPSA) is 57.7 Å². The maximum absolute atomic E-state index is 12.1. The minimum Gasteiger partial charge on any atom is -0.489 e. The summed E-state index contributed by atoms with van der Waals surface area (Å²) in [5.41, 5.74) is 4.06. The predicted octanol–water partition coefficient (Wildman–Crippen LogP) is 4.32. The van der Waals surface area contributed by atoms with Crippen LogP contribution in [-0.4, -0.2) is 54.6 Å². The molecule has 1 saturated heterocycles. The maximum Gasteiger partial charge on any atom is 0.263 e. The van der Waals surface area contributed by atoms with Gasteiger partial charge in [-0.2, -0.15) is 0 Å². The monoisotopic (exact) mass is 470 g/mol. The Labute approximate surface area is 197 Å². The molecule has 2 aromatic carbocycles. The Balaban J connectivity index is 1.25. The Bertz CT molecular complexity index is 1020. The number of ether oxygens (including phenoxy) is 1. The van der Waals surface area contributed by atoms with Crippen molar-refractivity contribution in [3.05, 3.63) is 75.7 Å². The largest absolute Gasteiger partial charge is 0.489 e. The summed E-state index contributed by atoms with van der Waals surface area (Å²) in [5, 5.41) is 3.67. The van der Waals surface area contributed by atoms with E-state index < -0.39 is 0 Å². The number of hydrogen-bond acceptors (Lipinski definition) is 6. The van der Waals surface area contributed by atoms with Crippen LogP contribution < -0.4 is 15.0 Å². The molecule has 0 aliphatic carbocycles. The van der Waals surface area contributed by atoms with Gasteiger partial charge in [-0.25, -0.2) is 0 Å². The fraction of sp³-hybridized carbons (Fsp3) is 0.333. The summed E-state index contributed by atoms with van der Waals surface area (Å²) < 4.78 is 6.03. The van der Waals surface area contributed by atoms with Crippen LogP contribution in [0.2, 0.25) is 5.02 Å². The molecule has 1 aliphatic heterocycles. The van der Waals surface area contributed by atoms with E-state index in [0.29, 0.717) is 11.4 Å². The van der Waals surface area contributed by atoms with Gasteiger partial charge in [0.15, 0.2) is 0 Å². The van der Waals surface area contributed by atoms with Crippen LogP contribution in [0.1, 0.15) is 22.2 Å². The van der Waals surface area contributed by atoms with E-state index >= 15 is 0 Å². The first-order valence-corrected chi connectivity index (χ1v) is 12.0. The van der Waals surface area contributed by atoms with Crippen LogP contribution in [0, 0.1) is 0 Å². The highest BCUT2D eigenvalue weighted by atomic mass is 35.5. The van der Waals surface area contributed by atoms with E-state index in [9.17, 15) is 4.79 Å². The van der Waals surface area contributed by atoms with E-state index in [1.165, 1.54) is 22.6 Å². The lowest BCUT2D eigenvalue weighted by Crippen LogP contribution is -2.45. The number of nitrogens with one attached hydrogen (secondary N) is 1. The number of hydrogen-bond donors (Lipinski definition) is 1. The van der Waals surface area contributed by atoms with Gasteiger partial charge >= 0.3 is 0 Å². The zero-order valence-electron chi connectivity index (χ0n) is 18.0. The Morgan fingerprint density at radius 2 is 2.00 bits per heavy atom. The Kier molecular flexibility index (Phi) is 7.63. The number of carbonyl (C=O) groups excluding carboxylic acids is 1. The number of nitrogens with zero attached hydrogens (tertiary/aromatic N) is 3. The van der Waals surface area contributed by atoms with Gasteiger partial charge in [0.2, 0.25) is 0 Å². The Hall–Kier alpha value is -2.61. The summed E-state index contributed by atoms with van der Waals surface area (Å²) in [7, 11) is 0. The van der Waals surface area contributed by atoms with E-state index in [0.717, 1.165) is 43.5 Å². The molecule has 1 aliphatic rings. The summed E-state index contributed by atoms with van der Waals surface area (Å²) in [6, 6.07) is 16.3. The van der Waals surface area contributed by atoms with Crippen molar-refractivity contribution >= 4 is 34.5 Å². The van der Waals surface area contributed by atoms with Crippen LogP contribution >= 0.6 is 22.9 Å². The quantitative estimate of drug-likeness (QED) is 0.531. The molecule has 0 unspecified atom stereocenters. The minimum atomic E-state index is -0.136. The molecule has 1 fully saturated rings. The van der Waals surface area contributed by atoms with Gasteiger partial charge in [0.25, 0.3) is 5.91 Å². The lowest BCUT2D eigenvalue weighted by molar-refractivity contribution is 0.0936. The summed E-state index contributed by atoms with van der Waals surface area (Å²) in [5.74, 6) is 0.702. The van der Waals surface area contributed by atoms with Gasteiger partial charge in [-0.05, 0) is 42.8 Å². The van der Waals surface area contributed by atoms with Crippen LogP contribution in [0.5, 0.6) is 5.75 Å². The zero-order chi connectivity index (χ0) is 22.3. The first-order valence-electron chi connectivity index (χ1n) is 10.7. The molecule has 0 spiro atoms. The van der Waals surface area contributed by atoms with Crippen molar-refractivity contribution in [2.75, 3.05) is 37.6 Å². The molecule has 0 radical (unpaired) electrons. The zero-order valence-corrected chi connectivity index (χ0v) is 19.6. The van der Waals surface area contributed by atoms with Crippen molar-refractivity contribution in [1.29, 1.82) is 0 Å². The molecular formula is C24H27ClN4O2S. The lowest BCUT2D eigenvalue weighted by atomic mass is 10.1. The molecule has 1 N–H and O–H groups in total. The van der Waals surface area contributed by atoms with Gasteiger partial charge in [-0.1, -0.05) is 29.8 Å². The number of rotatable bonds is 8. The first kappa shape index (κ1) is 22.6. The van der Waals surface area contributed by atoms with Gasteiger partial charge in [0, 0.05) is 43.4 Å². The highest BCUT2D eigenvalue weighted by Gasteiger charge is 2.18. The molecule has 1 atom stereocenters. The van der Waals surface area contributed by atoms with Crippen molar-refractivity contribution in [2.45, 2.75) is 19.6 Å². The Morgan fingerprint density at radius 3 is 2.75 bits per heavy atom. The van der Waals surface area contributed by atoms with Crippen LogP contribution in [0.4, 0.5) is 5.69 Å². The average molecular weight is 471 g/mol. The van der Waals surface area contributed by atoms with Gasteiger partial charge in [-0.3, -0.25) is 14.7 Å². The van der Waals surface area contributed by atoms with Crippen LogP contribution in [0.15, 0.2) is 60.2 Å². The lowest BCUT2D eigenvalue weighted by Gasteiger charge is -2.36. The SMILES string of the molecule is C[C@@H](CNC(=O)c1cncs1)Oc1cccc(CN2CCN(c3cccc(Cl)c3)CC2)c1. The molecule has 1 amide bonds. The third-order valence-corrected chi connectivity index (χ3v) is 6.40. The second kappa shape index (κ2) is 10.8. The molecular weight excluding hydrogens is 444 g/mol. The molecule has 6 nitrogen and oxygen atoms in total. The first-order chi connectivity index (χ1) is 15.6. The van der Waals surface area contributed by atoms with Gasteiger partial charge < -0.3 is 15.0 Å². The molecule has 2 heterocycles. The van der Waals surface area contributed by atoms with Crippen molar-refractivity contribution in [1.82, 2.24) is 15.2 Å². The van der Waals surface area contributed by atoms with Crippen molar-refractivity contribution < 1.29 is 9.53 Å². The number of anilines is 1. The highest BCUT2D eigenvalue weighted by molar-refractivity contribution is 7.11. The summed E-state index contributed by atoms with van der Waals surface area (Å²) >= 11 is 7.46. The highest BCUT2D eigenvalue weighted by Crippen LogP contribution is 2.22. The standard InChI is InChI=1S/C24H27ClN4O2S/c1-18(14-27-24(30)23-15-26-17-32-23)31-22-7-2-4-19(12-22)16-28-8-10-29(11-9-28)21-6-3-5-20(25)13-21/h2-7,12-13,15,17-18H,8-11,14,16H2,1H3,(H,27,30)/t18-/m0/s1. The average Bonchev–Trinajstić information content (AvgIpc) is 3.33. The second-order valence-electron chi connectivity index (χ2n) is 7.89. The van der Waals surface area contributed by atoms with Crippen LogP contribution in [0.3, 0.4) is 0 Å². The third-order valence-electron chi connectivity index (χ3n) is 5.39. The number of amides is 1. The maximum atomic E-state index is 12.1. The molecule has 32 heavy (non-hydrogen) atoms. The number of benzene rings is 2. The normalized spacial score (nSPS) is 15.4. The third kappa shape index (κ3) is 6.22. The van der Waals surface area contributed by atoms with Gasteiger partial charge in [-0.15, -0.1) is 11.3 Å². The molecule has 168 valence electrons. The van der Waals surface area contributed by atoms with Crippen molar-refractivity contribution in [2.24, 2.45) is 0 Å². The molecule has 4 rings (SSSR count). The fourth-order valence-electron chi connectivity index (χ4n) is 3.74. The van der Waals surface area contributed by atoms with Crippen molar-refractivity contribution in [3.63, 3.8) is 0 Å². The van der Waals surface area contributed by atoms with E-state index in [1.54, 1.807) is 11.7 Å². The molecule has 0 saturated carbocycles. The number of carbonyl (C=O) groups is 1. The molecule has 1 aromatic heterocycles. The Morgan fingerprint density at radius 1 is 1.19 bits per heavy atom.